The third-order valence-electron chi connectivity index (χ3n) is 3.10. The van der Waals surface area contributed by atoms with E-state index in [2.05, 4.69) is 17.3 Å². The maximum atomic E-state index is 11.9. The number of hydrogen-bond acceptors (Lipinski definition) is 3. The zero-order chi connectivity index (χ0) is 13.1. The number of nitrogens with zero attached hydrogens (tertiary/aromatic N) is 1. The van der Waals surface area contributed by atoms with Gasteiger partial charge in [0.05, 0.1) is 0 Å². The van der Waals surface area contributed by atoms with Crippen molar-refractivity contribution in [2.75, 3.05) is 25.9 Å². The lowest BCUT2D eigenvalue weighted by molar-refractivity contribution is 0.0949. The van der Waals surface area contributed by atoms with Gasteiger partial charge in [-0.25, -0.2) is 0 Å². The summed E-state index contributed by atoms with van der Waals surface area (Å²) in [4.78, 5) is 14.1. The monoisotopic (exact) mass is 267 g/mol. The number of amides is 1. The quantitative estimate of drug-likeness (QED) is 0.799. The third kappa shape index (κ3) is 3.62. The van der Waals surface area contributed by atoms with Gasteiger partial charge >= 0.3 is 0 Å². The Bertz CT molecular complexity index is 426. The molecule has 1 aromatic carbocycles. The molecule has 0 spiro atoms. The number of hydrogen-bond donors (Lipinski definition) is 2. The Labute approximate surface area is 112 Å². The summed E-state index contributed by atoms with van der Waals surface area (Å²) >= 11 is 5.86. The topological polar surface area (TPSA) is 58.4 Å². The van der Waals surface area contributed by atoms with Gasteiger partial charge in [0.1, 0.15) is 0 Å². The first-order valence-electron chi connectivity index (χ1n) is 6.11. The Hall–Kier alpha value is -1.26. The second kappa shape index (κ2) is 5.59. The van der Waals surface area contributed by atoms with Crippen molar-refractivity contribution < 1.29 is 4.79 Å². The number of carbonyl (C=O) groups is 1. The van der Waals surface area contributed by atoms with Crippen LogP contribution in [0.4, 0.5) is 5.69 Å². The van der Waals surface area contributed by atoms with E-state index in [-0.39, 0.29) is 5.91 Å². The normalized spacial score (nSPS) is 14.8. The minimum atomic E-state index is -0.131. The summed E-state index contributed by atoms with van der Waals surface area (Å²) in [6.07, 6.45) is 2.55. The smallest absolute Gasteiger partial charge is 0.251 e. The molecule has 0 heterocycles. The summed E-state index contributed by atoms with van der Waals surface area (Å²) in [5, 5.41) is 3.35. The van der Waals surface area contributed by atoms with E-state index in [4.69, 9.17) is 17.3 Å². The van der Waals surface area contributed by atoms with Crippen LogP contribution in [-0.2, 0) is 0 Å². The minimum Gasteiger partial charge on any atom is -0.399 e. The standard InChI is InChI=1S/C13H18ClN3O/c1-17(12-2-3-12)5-4-16-13(18)9-6-10(14)8-11(15)7-9/h6-8,12H,2-5,15H2,1H3,(H,16,18). The molecule has 0 saturated heterocycles. The van der Waals surface area contributed by atoms with Crippen LogP contribution in [0, 0.1) is 0 Å². The molecule has 1 fully saturated rings. The van der Waals surface area contributed by atoms with Gasteiger partial charge in [0, 0.05) is 35.4 Å². The molecule has 0 radical (unpaired) electrons. The lowest BCUT2D eigenvalue weighted by Crippen LogP contribution is -2.34. The van der Waals surface area contributed by atoms with Gasteiger partial charge in [0.25, 0.3) is 5.91 Å². The van der Waals surface area contributed by atoms with Crippen LogP contribution >= 0.6 is 11.6 Å². The molecule has 0 aliphatic heterocycles. The van der Waals surface area contributed by atoms with Crippen LogP contribution in [-0.4, -0.2) is 37.0 Å². The van der Waals surface area contributed by atoms with Gasteiger partial charge in [-0.1, -0.05) is 11.6 Å². The number of halogens is 1. The number of nitrogens with two attached hydrogens (primary N) is 1. The van der Waals surface area contributed by atoms with Crippen molar-refractivity contribution in [1.82, 2.24) is 10.2 Å². The van der Waals surface area contributed by atoms with Gasteiger partial charge in [-0.3, -0.25) is 4.79 Å². The number of carbonyl (C=O) groups excluding carboxylic acids is 1. The van der Waals surface area contributed by atoms with Crippen LogP contribution in [0.3, 0.4) is 0 Å². The molecule has 1 saturated carbocycles. The van der Waals surface area contributed by atoms with Gasteiger partial charge < -0.3 is 16.0 Å². The maximum Gasteiger partial charge on any atom is 0.251 e. The van der Waals surface area contributed by atoms with E-state index in [0.717, 1.165) is 6.54 Å². The van der Waals surface area contributed by atoms with E-state index < -0.39 is 0 Å². The number of likely N-dealkylation sites (N-methyl/N-ethyl adjacent to an activating group) is 1. The fraction of sp³-hybridized carbons (Fsp3) is 0.462. The van der Waals surface area contributed by atoms with Crippen molar-refractivity contribution in [1.29, 1.82) is 0 Å². The lowest BCUT2D eigenvalue weighted by atomic mass is 10.2. The molecule has 1 amide bonds. The first-order valence-corrected chi connectivity index (χ1v) is 6.48. The average Bonchev–Trinajstić information content (AvgIpc) is 3.11. The van der Waals surface area contributed by atoms with Crippen LogP contribution in [0.15, 0.2) is 18.2 Å². The second-order valence-corrected chi connectivity index (χ2v) is 5.18. The molecule has 0 bridgehead atoms. The number of nitrogens with one attached hydrogen (secondary N) is 1. The van der Waals surface area contributed by atoms with Gasteiger partial charge in [-0.15, -0.1) is 0 Å². The minimum absolute atomic E-state index is 0.131. The van der Waals surface area contributed by atoms with Crippen molar-refractivity contribution in [2.24, 2.45) is 0 Å². The van der Waals surface area contributed by atoms with E-state index in [1.54, 1.807) is 18.2 Å². The average molecular weight is 268 g/mol. The number of anilines is 1. The molecule has 3 N–H and O–H groups in total. The van der Waals surface area contributed by atoms with Crippen LogP contribution in [0.1, 0.15) is 23.2 Å². The van der Waals surface area contributed by atoms with Gasteiger partial charge in [0.2, 0.25) is 0 Å². The van der Waals surface area contributed by atoms with Crippen LogP contribution < -0.4 is 11.1 Å². The maximum absolute atomic E-state index is 11.9. The molecule has 2 rings (SSSR count). The van der Waals surface area contributed by atoms with Crippen molar-refractivity contribution in [3.05, 3.63) is 28.8 Å². The Morgan fingerprint density at radius 2 is 2.22 bits per heavy atom. The molecule has 0 atom stereocenters. The zero-order valence-electron chi connectivity index (χ0n) is 10.4. The summed E-state index contributed by atoms with van der Waals surface area (Å²) in [6.45, 7) is 1.50. The van der Waals surface area contributed by atoms with E-state index in [1.165, 1.54) is 12.8 Å². The van der Waals surface area contributed by atoms with Crippen LogP contribution in [0.5, 0.6) is 0 Å². The molecule has 5 heteroatoms. The summed E-state index contributed by atoms with van der Waals surface area (Å²) in [5.74, 6) is -0.131. The van der Waals surface area contributed by atoms with Crippen molar-refractivity contribution in [3.63, 3.8) is 0 Å². The molecule has 1 aliphatic rings. The van der Waals surface area contributed by atoms with Crippen molar-refractivity contribution >= 4 is 23.2 Å². The van der Waals surface area contributed by atoms with E-state index in [0.29, 0.717) is 28.9 Å². The first-order chi connectivity index (χ1) is 8.56. The second-order valence-electron chi connectivity index (χ2n) is 4.74. The predicted molar refractivity (Wildman–Crippen MR) is 73.8 cm³/mol. The number of nitrogen functional groups attached to an aromatic ring is 1. The molecule has 1 aliphatic carbocycles. The summed E-state index contributed by atoms with van der Waals surface area (Å²) in [6, 6.07) is 5.59. The van der Waals surface area contributed by atoms with Crippen molar-refractivity contribution in [3.8, 4) is 0 Å². The SMILES string of the molecule is CN(CCNC(=O)c1cc(N)cc(Cl)c1)C1CC1. The number of benzene rings is 1. The summed E-state index contributed by atoms with van der Waals surface area (Å²) in [7, 11) is 2.08. The predicted octanol–water partition coefficient (Wildman–Crippen LogP) is 1.75. The zero-order valence-corrected chi connectivity index (χ0v) is 11.2. The van der Waals surface area contributed by atoms with Gasteiger partial charge in [-0.05, 0) is 38.1 Å². The molecule has 0 aromatic heterocycles. The molecular weight excluding hydrogens is 250 g/mol. The molecule has 98 valence electrons. The molecule has 1 aromatic rings. The Morgan fingerprint density at radius 3 is 2.83 bits per heavy atom. The highest BCUT2D eigenvalue weighted by atomic mass is 35.5. The fourth-order valence-corrected chi connectivity index (χ4v) is 2.13. The van der Waals surface area contributed by atoms with E-state index in [9.17, 15) is 4.79 Å². The molecule has 0 unspecified atom stereocenters. The summed E-state index contributed by atoms with van der Waals surface area (Å²) in [5.41, 5.74) is 6.66. The van der Waals surface area contributed by atoms with Gasteiger partial charge in [0.15, 0.2) is 0 Å². The number of rotatable bonds is 5. The highest BCUT2D eigenvalue weighted by Gasteiger charge is 2.25. The van der Waals surface area contributed by atoms with Gasteiger partial charge in [-0.2, -0.15) is 0 Å². The first kappa shape index (κ1) is 13.2. The Balaban J connectivity index is 1.83. The highest BCUT2D eigenvalue weighted by molar-refractivity contribution is 6.31. The lowest BCUT2D eigenvalue weighted by Gasteiger charge is -2.15. The van der Waals surface area contributed by atoms with Crippen molar-refractivity contribution in [2.45, 2.75) is 18.9 Å². The van der Waals surface area contributed by atoms with E-state index in [1.807, 2.05) is 0 Å². The fourth-order valence-electron chi connectivity index (χ4n) is 1.89. The Kier molecular flexibility index (Phi) is 4.09. The third-order valence-corrected chi connectivity index (χ3v) is 3.32. The molecule has 4 nitrogen and oxygen atoms in total. The van der Waals surface area contributed by atoms with E-state index >= 15 is 0 Å². The summed E-state index contributed by atoms with van der Waals surface area (Å²) < 4.78 is 0. The molecular formula is C13H18ClN3O. The Morgan fingerprint density at radius 1 is 1.50 bits per heavy atom. The highest BCUT2D eigenvalue weighted by Crippen LogP contribution is 2.24. The largest absolute Gasteiger partial charge is 0.399 e. The van der Waals surface area contributed by atoms with Crippen LogP contribution in [0.25, 0.3) is 0 Å². The van der Waals surface area contributed by atoms with Crippen LogP contribution in [0.2, 0.25) is 5.02 Å². The molecule has 18 heavy (non-hydrogen) atoms.